The maximum Gasteiger partial charge on any atom is 0.295 e. The molecule has 1 aliphatic rings. The van der Waals surface area contributed by atoms with Crippen molar-refractivity contribution in [2.24, 2.45) is 0 Å². The average Bonchev–Trinajstić information content (AvgIpc) is 3.08. The summed E-state index contributed by atoms with van der Waals surface area (Å²) in [6, 6.07) is 11.0. The lowest BCUT2D eigenvalue weighted by molar-refractivity contribution is -0.140. The van der Waals surface area contributed by atoms with Crippen LogP contribution in [-0.4, -0.2) is 64.5 Å². The van der Waals surface area contributed by atoms with Gasteiger partial charge >= 0.3 is 0 Å². The third-order valence-electron chi connectivity index (χ3n) is 6.01. The fourth-order valence-corrected chi connectivity index (χ4v) is 4.61. The number of carbonyl (C=O) groups excluding carboxylic acids is 2. The largest absolute Gasteiger partial charge is 0.507 e. The zero-order chi connectivity index (χ0) is 24.8. The zero-order valence-corrected chi connectivity index (χ0v) is 21.3. The minimum atomic E-state index is -0.796. The summed E-state index contributed by atoms with van der Waals surface area (Å²) in [5.74, 6) is -1.42. The first kappa shape index (κ1) is 25.8. The number of aromatic hydroxyl groups is 1. The summed E-state index contributed by atoms with van der Waals surface area (Å²) in [6.45, 7) is 9.45. The molecule has 34 heavy (non-hydrogen) atoms. The number of ketones is 1. The number of aliphatic hydroxyl groups excluding tert-OH is 1. The van der Waals surface area contributed by atoms with Crippen LogP contribution in [0.5, 0.6) is 11.5 Å². The Morgan fingerprint density at radius 3 is 2.53 bits per heavy atom. The third-order valence-corrected chi connectivity index (χ3v) is 6.50. The molecular weight excluding hydrogens is 500 g/mol. The van der Waals surface area contributed by atoms with Gasteiger partial charge < -0.3 is 24.7 Å². The SMILES string of the molecule is CCOc1cccc([C@H]2C(=C(O)c3cc(Br)ccc3O)C(=O)C(=O)N2CCCN(CC)CC)c1. The number of halogens is 1. The number of rotatable bonds is 10. The molecule has 1 heterocycles. The van der Waals surface area contributed by atoms with Gasteiger partial charge in [0.05, 0.1) is 23.8 Å². The molecule has 3 rings (SSSR count). The van der Waals surface area contributed by atoms with Gasteiger partial charge in [-0.1, -0.05) is 41.9 Å². The molecular formula is C26H31BrN2O5. The van der Waals surface area contributed by atoms with Crippen LogP contribution in [0, 0.1) is 0 Å². The van der Waals surface area contributed by atoms with Crippen LogP contribution in [0.25, 0.3) is 5.76 Å². The van der Waals surface area contributed by atoms with E-state index in [1.165, 1.54) is 17.0 Å². The van der Waals surface area contributed by atoms with Gasteiger partial charge in [-0.3, -0.25) is 9.59 Å². The van der Waals surface area contributed by atoms with Crippen molar-refractivity contribution >= 4 is 33.4 Å². The minimum Gasteiger partial charge on any atom is -0.507 e. The van der Waals surface area contributed by atoms with Crippen molar-refractivity contribution in [3.8, 4) is 11.5 Å². The molecule has 7 nitrogen and oxygen atoms in total. The number of nitrogens with zero attached hydrogens (tertiary/aromatic N) is 2. The van der Waals surface area contributed by atoms with Gasteiger partial charge in [0.15, 0.2) is 0 Å². The fraction of sp³-hybridized carbons (Fsp3) is 0.385. The lowest BCUT2D eigenvalue weighted by Gasteiger charge is -2.27. The van der Waals surface area contributed by atoms with Crippen molar-refractivity contribution in [2.45, 2.75) is 33.2 Å². The van der Waals surface area contributed by atoms with Crippen LogP contribution in [-0.2, 0) is 9.59 Å². The van der Waals surface area contributed by atoms with Gasteiger partial charge in [0, 0.05) is 11.0 Å². The first-order chi connectivity index (χ1) is 16.3. The smallest absolute Gasteiger partial charge is 0.295 e. The summed E-state index contributed by atoms with van der Waals surface area (Å²) in [7, 11) is 0. The number of benzene rings is 2. The minimum absolute atomic E-state index is 0.0464. The van der Waals surface area contributed by atoms with Crippen molar-refractivity contribution in [3.63, 3.8) is 0 Å². The molecule has 0 bridgehead atoms. The number of likely N-dealkylation sites (tertiary alicyclic amines) is 1. The summed E-state index contributed by atoms with van der Waals surface area (Å²) >= 11 is 3.33. The van der Waals surface area contributed by atoms with Crippen molar-refractivity contribution in [2.75, 3.05) is 32.8 Å². The molecule has 0 aromatic heterocycles. The van der Waals surface area contributed by atoms with Crippen LogP contribution < -0.4 is 4.74 Å². The van der Waals surface area contributed by atoms with Crippen LogP contribution in [0.1, 0.15) is 44.4 Å². The third kappa shape index (κ3) is 5.45. The van der Waals surface area contributed by atoms with E-state index in [0.717, 1.165) is 19.6 Å². The number of carbonyl (C=O) groups is 2. The van der Waals surface area contributed by atoms with E-state index in [1.54, 1.807) is 24.3 Å². The molecule has 2 aromatic carbocycles. The quantitative estimate of drug-likeness (QED) is 0.262. The highest BCUT2D eigenvalue weighted by Gasteiger charge is 2.46. The number of amides is 1. The number of Topliss-reactive ketones (excluding diaryl/α,β-unsaturated/α-hetero) is 1. The molecule has 0 aliphatic carbocycles. The second kappa shape index (κ2) is 11.5. The van der Waals surface area contributed by atoms with E-state index in [1.807, 2.05) is 13.0 Å². The number of ether oxygens (including phenoxy) is 1. The van der Waals surface area contributed by atoms with Crippen LogP contribution in [0.4, 0.5) is 0 Å². The molecule has 182 valence electrons. The van der Waals surface area contributed by atoms with E-state index in [4.69, 9.17) is 4.74 Å². The number of hydrogen-bond acceptors (Lipinski definition) is 6. The van der Waals surface area contributed by atoms with Gasteiger partial charge in [-0.25, -0.2) is 0 Å². The van der Waals surface area contributed by atoms with E-state index in [-0.39, 0.29) is 16.9 Å². The van der Waals surface area contributed by atoms with E-state index in [9.17, 15) is 19.8 Å². The Kier molecular flexibility index (Phi) is 8.74. The molecule has 0 spiro atoms. The number of phenols is 1. The summed E-state index contributed by atoms with van der Waals surface area (Å²) in [4.78, 5) is 30.1. The molecule has 2 aromatic rings. The maximum atomic E-state index is 13.2. The second-order valence-corrected chi connectivity index (χ2v) is 8.96. The number of aliphatic hydroxyl groups is 1. The van der Waals surface area contributed by atoms with Gasteiger partial charge in [0.2, 0.25) is 0 Å². The predicted molar refractivity (Wildman–Crippen MR) is 135 cm³/mol. The van der Waals surface area contributed by atoms with Crippen LogP contribution in [0.15, 0.2) is 52.5 Å². The normalized spacial score (nSPS) is 17.6. The Labute approximate surface area is 208 Å². The number of phenolic OH excluding ortho intramolecular Hbond substituents is 1. The topological polar surface area (TPSA) is 90.3 Å². The van der Waals surface area contributed by atoms with E-state index < -0.39 is 23.5 Å². The van der Waals surface area contributed by atoms with Gasteiger partial charge in [-0.15, -0.1) is 0 Å². The van der Waals surface area contributed by atoms with Crippen LogP contribution in [0.2, 0.25) is 0 Å². The molecule has 1 saturated heterocycles. The highest BCUT2D eigenvalue weighted by Crippen LogP contribution is 2.42. The zero-order valence-electron chi connectivity index (χ0n) is 19.8. The first-order valence-corrected chi connectivity index (χ1v) is 12.3. The van der Waals surface area contributed by atoms with Crippen LogP contribution in [0.3, 0.4) is 0 Å². The lowest BCUT2D eigenvalue weighted by Crippen LogP contribution is -2.33. The molecule has 8 heteroatoms. The molecule has 1 aliphatic heterocycles. The molecule has 0 unspecified atom stereocenters. The Bertz CT molecular complexity index is 1080. The second-order valence-electron chi connectivity index (χ2n) is 8.04. The number of hydrogen-bond donors (Lipinski definition) is 2. The Balaban J connectivity index is 2.09. The highest BCUT2D eigenvalue weighted by atomic mass is 79.9. The average molecular weight is 531 g/mol. The van der Waals surface area contributed by atoms with Crippen molar-refractivity contribution < 1.29 is 24.5 Å². The highest BCUT2D eigenvalue weighted by molar-refractivity contribution is 9.10. The Morgan fingerprint density at radius 2 is 1.85 bits per heavy atom. The summed E-state index contributed by atoms with van der Waals surface area (Å²) in [5.41, 5.74) is 0.695. The van der Waals surface area contributed by atoms with Crippen molar-refractivity contribution in [1.82, 2.24) is 9.80 Å². The summed E-state index contributed by atoms with van der Waals surface area (Å²) in [6.07, 6.45) is 0.679. The first-order valence-electron chi connectivity index (χ1n) is 11.5. The fourth-order valence-electron chi connectivity index (χ4n) is 4.25. The van der Waals surface area contributed by atoms with Gasteiger partial charge in [0.1, 0.15) is 17.3 Å². The Morgan fingerprint density at radius 1 is 1.12 bits per heavy atom. The van der Waals surface area contributed by atoms with Gasteiger partial charge in [0.25, 0.3) is 11.7 Å². The monoisotopic (exact) mass is 530 g/mol. The molecule has 0 saturated carbocycles. The molecule has 1 fully saturated rings. The van der Waals surface area contributed by atoms with E-state index >= 15 is 0 Å². The standard InChI is InChI=1S/C26H31BrN2O5/c1-4-28(5-2)13-8-14-29-23(17-9-7-10-19(15-17)34-6-3)22(25(32)26(29)33)24(31)20-16-18(27)11-12-21(20)30/h7,9-12,15-16,23,30-31H,4-6,8,13-14H2,1-3H3/t23-/m0/s1. The van der Waals surface area contributed by atoms with Crippen molar-refractivity contribution in [1.29, 1.82) is 0 Å². The maximum absolute atomic E-state index is 13.2. The predicted octanol–water partition coefficient (Wildman–Crippen LogP) is 4.71. The molecule has 1 amide bonds. The molecule has 2 N–H and O–H groups in total. The lowest BCUT2D eigenvalue weighted by atomic mass is 9.95. The van der Waals surface area contributed by atoms with Gasteiger partial charge in [-0.05, 0) is 68.9 Å². The Hall–Kier alpha value is -2.84. The van der Waals surface area contributed by atoms with E-state index in [0.29, 0.717) is 35.4 Å². The summed E-state index contributed by atoms with van der Waals surface area (Å²) < 4.78 is 6.25. The molecule has 1 atom stereocenters. The van der Waals surface area contributed by atoms with Gasteiger partial charge in [-0.2, -0.15) is 0 Å². The summed E-state index contributed by atoms with van der Waals surface area (Å²) in [5, 5.41) is 21.5. The van der Waals surface area contributed by atoms with Crippen molar-refractivity contribution in [3.05, 3.63) is 63.6 Å². The van der Waals surface area contributed by atoms with Crippen LogP contribution >= 0.6 is 15.9 Å². The van der Waals surface area contributed by atoms with E-state index in [2.05, 4.69) is 34.7 Å². The molecule has 0 radical (unpaired) electrons.